The Balaban J connectivity index is 1.32. The molecule has 0 unspecified atom stereocenters. The minimum atomic E-state index is 0.0396. The summed E-state index contributed by atoms with van der Waals surface area (Å²) in [7, 11) is 0. The Labute approximate surface area is 168 Å². The van der Waals surface area contributed by atoms with Crippen LogP contribution in [-0.4, -0.2) is 28.7 Å². The second-order valence-corrected chi connectivity index (χ2v) is 7.70. The summed E-state index contributed by atoms with van der Waals surface area (Å²) in [4.78, 5) is 17.3. The molecule has 0 spiro atoms. The molecule has 2 heterocycles. The Morgan fingerprint density at radius 1 is 1.21 bits per heavy atom. The summed E-state index contributed by atoms with van der Waals surface area (Å²) in [5, 5.41) is 8.91. The van der Waals surface area contributed by atoms with Crippen molar-refractivity contribution in [2.24, 2.45) is 0 Å². The zero-order chi connectivity index (χ0) is 19.8. The minimum Gasteiger partial charge on any atom is -0.491 e. The fraction of sp³-hybridized carbons (Fsp3) is 0.381. The third-order valence-corrected chi connectivity index (χ3v) is 4.90. The minimum absolute atomic E-state index is 0.0396. The van der Waals surface area contributed by atoms with Crippen molar-refractivity contribution in [2.45, 2.75) is 45.6 Å². The summed E-state index contributed by atoms with van der Waals surface area (Å²) >= 11 is 1.57. The molecule has 7 heteroatoms. The van der Waals surface area contributed by atoms with Gasteiger partial charge in [0.05, 0.1) is 11.0 Å². The second kappa shape index (κ2) is 10.0. The lowest BCUT2D eigenvalue weighted by molar-refractivity contribution is -0.121. The zero-order valence-corrected chi connectivity index (χ0v) is 17.0. The first-order valence-corrected chi connectivity index (χ1v) is 10.4. The van der Waals surface area contributed by atoms with Crippen LogP contribution in [-0.2, 0) is 17.6 Å². The van der Waals surface area contributed by atoms with Crippen LogP contribution in [0.25, 0.3) is 10.7 Å². The standard InChI is InChI=1S/C21H25N3O3S/c1-15(2)26-17-10-8-16(9-11-17)12-13-22-19(25)6-3-7-20-23-21(24-27-20)18-5-4-14-28-18/h4-5,8-11,14-15H,3,6-7,12-13H2,1-2H3,(H,22,25). The lowest BCUT2D eigenvalue weighted by Crippen LogP contribution is -2.25. The largest absolute Gasteiger partial charge is 0.491 e. The number of aryl methyl sites for hydroxylation is 1. The van der Waals surface area contributed by atoms with Gasteiger partial charge < -0.3 is 14.6 Å². The van der Waals surface area contributed by atoms with Gasteiger partial charge in [0.2, 0.25) is 17.6 Å². The van der Waals surface area contributed by atoms with E-state index in [0.29, 0.717) is 37.5 Å². The molecule has 6 nitrogen and oxygen atoms in total. The molecular weight excluding hydrogens is 374 g/mol. The van der Waals surface area contributed by atoms with Crippen molar-refractivity contribution in [1.29, 1.82) is 0 Å². The van der Waals surface area contributed by atoms with Gasteiger partial charge in [0.25, 0.3) is 0 Å². The number of amides is 1. The molecule has 2 aromatic heterocycles. The molecule has 1 N–H and O–H groups in total. The van der Waals surface area contributed by atoms with Crippen LogP contribution in [0.3, 0.4) is 0 Å². The normalized spacial score (nSPS) is 11.0. The smallest absolute Gasteiger partial charge is 0.226 e. The number of hydrogen-bond acceptors (Lipinski definition) is 6. The van der Waals surface area contributed by atoms with Crippen molar-refractivity contribution in [1.82, 2.24) is 15.5 Å². The number of nitrogens with zero attached hydrogens (tertiary/aromatic N) is 2. The maximum absolute atomic E-state index is 12.0. The molecule has 3 aromatic rings. The number of thiophene rings is 1. The average molecular weight is 400 g/mol. The van der Waals surface area contributed by atoms with Crippen LogP contribution in [0.1, 0.15) is 38.1 Å². The predicted molar refractivity (Wildman–Crippen MR) is 109 cm³/mol. The van der Waals surface area contributed by atoms with E-state index in [9.17, 15) is 4.79 Å². The number of rotatable bonds is 10. The van der Waals surface area contributed by atoms with E-state index in [2.05, 4.69) is 15.5 Å². The van der Waals surface area contributed by atoms with Crippen molar-refractivity contribution in [3.8, 4) is 16.5 Å². The Kier molecular flexibility index (Phi) is 7.19. The van der Waals surface area contributed by atoms with Crippen molar-refractivity contribution in [2.75, 3.05) is 6.54 Å². The van der Waals surface area contributed by atoms with E-state index >= 15 is 0 Å². The first-order chi connectivity index (χ1) is 13.6. The highest BCUT2D eigenvalue weighted by atomic mass is 32.1. The first-order valence-electron chi connectivity index (χ1n) is 9.49. The monoisotopic (exact) mass is 399 g/mol. The second-order valence-electron chi connectivity index (χ2n) is 6.75. The highest BCUT2D eigenvalue weighted by molar-refractivity contribution is 7.13. The van der Waals surface area contributed by atoms with Crippen LogP contribution >= 0.6 is 11.3 Å². The number of carbonyl (C=O) groups excluding carboxylic acids is 1. The molecular formula is C21H25N3O3S. The number of hydrogen-bond donors (Lipinski definition) is 1. The van der Waals surface area contributed by atoms with Crippen LogP contribution in [0.15, 0.2) is 46.3 Å². The van der Waals surface area contributed by atoms with Gasteiger partial charge in [-0.05, 0) is 55.8 Å². The van der Waals surface area contributed by atoms with Crippen molar-refractivity contribution >= 4 is 17.2 Å². The lowest BCUT2D eigenvalue weighted by atomic mass is 10.1. The van der Waals surface area contributed by atoms with Crippen LogP contribution in [0.2, 0.25) is 0 Å². The SMILES string of the molecule is CC(C)Oc1ccc(CCNC(=O)CCCc2nc(-c3cccs3)no2)cc1. The van der Waals surface area contributed by atoms with Gasteiger partial charge in [-0.25, -0.2) is 0 Å². The quantitative estimate of drug-likeness (QED) is 0.551. The van der Waals surface area contributed by atoms with Gasteiger partial charge >= 0.3 is 0 Å². The molecule has 0 bridgehead atoms. The number of benzene rings is 1. The Hall–Kier alpha value is -2.67. The van der Waals surface area contributed by atoms with Gasteiger partial charge in [-0.1, -0.05) is 23.4 Å². The first kappa shape index (κ1) is 20.1. The van der Waals surface area contributed by atoms with Gasteiger partial charge in [0, 0.05) is 19.4 Å². The molecule has 0 fully saturated rings. The molecule has 1 amide bonds. The molecule has 28 heavy (non-hydrogen) atoms. The molecule has 0 saturated carbocycles. The number of ether oxygens (including phenoxy) is 1. The number of aromatic nitrogens is 2. The summed E-state index contributed by atoms with van der Waals surface area (Å²) in [6.45, 7) is 4.63. The highest BCUT2D eigenvalue weighted by Gasteiger charge is 2.10. The van der Waals surface area contributed by atoms with Crippen LogP contribution in [0.5, 0.6) is 5.75 Å². The summed E-state index contributed by atoms with van der Waals surface area (Å²) in [5.74, 6) is 2.09. The summed E-state index contributed by atoms with van der Waals surface area (Å²) < 4.78 is 10.9. The van der Waals surface area contributed by atoms with Gasteiger partial charge in [0.15, 0.2) is 0 Å². The fourth-order valence-electron chi connectivity index (χ4n) is 2.70. The summed E-state index contributed by atoms with van der Waals surface area (Å²) in [6, 6.07) is 11.9. The van der Waals surface area contributed by atoms with Crippen LogP contribution in [0, 0.1) is 0 Å². The molecule has 0 saturated heterocycles. The maximum atomic E-state index is 12.0. The van der Waals surface area contributed by atoms with Gasteiger partial charge in [-0.2, -0.15) is 4.98 Å². The van der Waals surface area contributed by atoms with Gasteiger partial charge in [0.1, 0.15) is 5.75 Å². The molecule has 0 aliphatic rings. The van der Waals surface area contributed by atoms with Crippen molar-refractivity contribution in [3.63, 3.8) is 0 Å². The fourth-order valence-corrected chi connectivity index (χ4v) is 3.35. The average Bonchev–Trinajstić information content (AvgIpc) is 3.34. The van der Waals surface area contributed by atoms with Gasteiger partial charge in [-0.15, -0.1) is 11.3 Å². The molecule has 0 radical (unpaired) electrons. The van der Waals surface area contributed by atoms with Crippen molar-refractivity contribution < 1.29 is 14.1 Å². The predicted octanol–water partition coefficient (Wildman–Crippen LogP) is 4.27. The van der Waals surface area contributed by atoms with Gasteiger partial charge in [-0.3, -0.25) is 4.79 Å². The molecule has 0 atom stereocenters. The highest BCUT2D eigenvalue weighted by Crippen LogP contribution is 2.21. The summed E-state index contributed by atoms with van der Waals surface area (Å²) in [5.41, 5.74) is 1.17. The van der Waals surface area contributed by atoms with Crippen LogP contribution in [0.4, 0.5) is 0 Å². The molecule has 1 aromatic carbocycles. The maximum Gasteiger partial charge on any atom is 0.226 e. The van der Waals surface area contributed by atoms with E-state index in [1.54, 1.807) is 11.3 Å². The zero-order valence-electron chi connectivity index (χ0n) is 16.2. The molecule has 148 valence electrons. The van der Waals surface area contributed by atoms with E-state index in [1.807, 2.05) is 55.6 Å². The van der Waals surface area contributed by atoms with E-state index in [-0.39, 0.29) is 12.0 Å². The van der Waals surface area contributed by atoms with E-state index < -0.39 is 0 Å². The molecule has 0 aliphatic carbocycles. The number of nitrogens with one attached hydrogen (secondary N) is 1. The third kappa shape index (κ3) is 6.20. The third-order valence-electron chi connectivity index (χ3n) is 4.04. The Bertz CT molecular complexity index is 857. The number of carbonyl (C=O) groups is 1. The van der Waals surface area contributed by atoms with E-state index in [1.165, 1.54) is 5.56 Å². The van der Waals surface area contributed by atoms with Crippen LogP contribution < -0.4 is 10.1 Å². The van der Waals surface area contributed by atoms with Crippen molar-refractivity contribution in [3.05, 3.63) is 53.2 Å². The Morgan fingerprint density at radius 3 is 2.75 bits per heavy atom. The van der Waals surface area contributed by atoms with E-state index in [4.69, 9.17) is 9.26 Å². The lowest BCUT2D eigenvalue weighted by Gasteiger charge is -2.10. The molecule has 3 rings (SSSR count). The molecule has 0 aliphatic heterocycles. The topological polar surface area (TPSA) is 77.2 Å². The summed E-state index contributed by atoms with van der Waals surface area (Å²) in [6.07, 6.45) is 2.68. The van der Waals surface area contributed by atoms with E-state index in [0.717, 1.165) is 17.0 Å². The Morgan fingerprint density at radius 2 is 2.04 bits per heavy atom.